The molecule has 1 N–H and O–H groups in total. The Kier molecular flexibility index (Phi) is 5.52. The van der Waals surface area contributed by atoms with Crippen molar-refractivity contribution in [2.75, 3.05) is 13.4 Å². The average molecular weight is 332 g/mol. The second-order valence-electron chi connectivity index (χ2n) is 5.60. The van der Waals surface area contributed by atoms with E-state index in [1.807, 2.05) is 12.1 Å². The number of nitrogens with one attached hydrogen (secondary N) is 1. The third-order valence-corrected chi connectivity index (χ3v) is 5.95. The van der Waals surface area contributed by atoms with E-state index in [-0.39, 0.29) is 11.3 Å². The van der Waals surface area contributed by atoms with Crippen molar-refractivity contribution >= 4 is 21.4 Å². The summed E-state index contributed by atoms with van der Waals surface area (Å²) in [6.45, 7) is 0.556. The minimum absolute atomic E-state index is 0.00237. The van der Waals surface area contributed by atoms with Gasteiger partial charge in [-0.25, -0.2) is 8.42 Å². The maximum Gasteiger partial charge on any atom is 0.151 e. The van der Waals surface area contributed by atoms with Crippen LogP contribution in [0.5, 0.6) is 5.75 Å². The van der Waals surface area contributed by atoms with Gasteiger partial charge >= 0.3 is 0 Å². The third-order valence-electron chi connectivity index (χ3n) is 4.05. The highest BCUT2D eigenvalue weighted by molar-refractivity contribution is 7.91. The van der Waals surface area contributed by atoms with Crippen LogP contribution in [0.2, 0.25) is 5.02 Å². The predicted molar refractivity (Wildman–Crippen MR) is 85.7 cm³/mol. The molecule has 0 aromatic heterocycles. The van der Waals surface area contributed by atoms with E-state index in [1.165, 1.54) is 6.26 Å². The smallest absolute Gasteiger partial charge is 0.151 e. The molecule has 0 spiro atoms. The summed E-state index contributed by atoms with van der Waals surface area (Å²) in [4.78, 5) is 0. The van der Waals surface area contributed by atoms with Crippen molar-refractivity contribution in [2.24, 2.45) is 0 Å². The van der Waals surface area contributed by atoms with E-state index >= 15 is 0 Å². The molecule has 2 rings (SSSR count). The summed E-state index contributed by atoms with van der Waals surface area (Å²) in [5, 5.41) is 3.73. The van der Waals surface area contributed by atoms with Crippen LogP contribution in [0, 0.1) is 0 Å². The van der Waals surface area contributed by atoms with Crippen LogP contribution < -0.4 is 10.1 Å². The Labute approximate surface area is 131 Å². The number of sulfone groups is 1. The van der Waals surface area contributed by atoms with Gasteiger partial charge in [-0.2, -0.15) is 0 Å². The van der Waals surface area contributed by atoms with Gasteiger partial charge in [-0.15, -0.1) is 0 Å². The minimum atomic E-state index is -3.02. The third kappa shape index (κ3) is 4.34. The lowest BCUT2D eigenvalue weighted by Crippen LogP contribution is -2.45. The molecule has 1 aliphatic carbocycles. The van der Waals surface area contributed by atoms with E-state index in [0.29, 0.717) is 11.6 Å². The molecule has 21 heavy (non-hydrogen) atoms. The van der Waals surface area contributed by atoms with Gasteiger partial charge in [0.25, 0.3) is 0 Å². The number of rotatable bonds is 5. The number of methoxy groups -OCH3 is 1. The van der Waals surface area contributed by atoms with Gasteiger partial charge in [0.15, 0.2) is 9.84 Å². The molecule has 0 heterocycles. The summed E-state index contributed by atoms with van der Waals surface area (Å²) >= 11 is 6.02. The highest BCUT2D eigenvalue weighted by atomic mass is 35.5. The zero-order chi connectivity index (χ0) is 15.5. The first-order chi connectivity index (χ1) is 9.91. The largest absolute Gasteiger partial charge is 0.496 e. The van der Waals surface area contributed by atoms with Crippen LogP contribution in [0.25, 0.3) is 0 Å². The Morgan fingerprint density at radius 1 is 1.33 bits per heavy atom. The summed E-state index contributed by atoms with van der Waals surface area (Å²) < 4.78 is 29.1. The van der Waals surface area contributed by atoms with Crippen molar-refractivity contribution in [1.82, 2.24) is 5.32 Å². The summed E-state index contributed by atoms with van der Waals surface area (Å²) in [6, 6.07) is 5.46. The Morgan fingerprint density at radius 2 is 2.05 bits per heavy atom. The Bertz CT molecular complexity index is 589. The van der Waals surface area contributed by atoms with Crippen molar-refractivity contribution in [3.05, 3.63) is 28.8 Å². The zero-order valence-electron chi connectivity index (χ0n) is 12.4. The van der Waals surface area contributed by atoms with Crippen LogP contribution in [-0.2, 0) is 16.4 Å². The van der Waals surface area contributed by atoms with Gasteiger partial charge in [0, 0.05) is 29.4 Å². The summed E-state index contributed by atoms with van der Waals surface area (Å²) in [5.41, 5.74) is 0.947. The van der Waals surface area contributed by atoms with E-state index in [2.05, 4.69) is 5.32 Å². The maximum atomic E-state index is 11.9. The molecule has 1 aromatic carbocycles. The fourth-order valence-electron chi connectivity index (χ4n) is 2.97. The Morgan fingerprint density at radius 3 is 2.71 bits per heavy atom. The molecule has 0 unspecified atom stereocenters. The van der Waals surface area contributed by atoms with Crippen molar-refractivity contribution < 1.29 is 13.2 Å². The average Bonchev–Trinajstić information content (AvgIpc) is 2.44. The van der Waals surface area contributed by atoms with Gasteiger partial charge in [0.2, 0.25) is 0 Å². The molecular formula is C15H22ClNO3S. The van der Waals surface area contributed by atoms with E-state index in [4.69, 9.17) is 16.3 Å². The normalized spacial score (nSPS) is 23.0. The molecule has 0 saturated heterocycles. The monoisotopic (exact) mass is 331 g/mol. The standard InChI is InChI=1S/C15H22ClNO3S/c1-20-14-8-7-12(16)9-11(14)10-17-13-5-3-4-6-15(13)21(2,18)19/h7-9,13,15,17H,3-6,10H2,1-2H3/t13-,15+/m0/s1. The molecule has 0 amide bonds. The van der Waals surface area contributed by atoms with Crippen LogP contribution in [0.4, 0.5) is 0 Å². The number of hydrogen-bond donors (Lipinski definition) is 1. The second-order valence-corrected chi connectivity index (χ2v) is 8.30. The molecule has 4 nitrogen and oxygen atoms in total. The maximum absolute atomic E-state index is 11.9. The fourth-order valence-corrected chi connectivity index (χ4v) is 4.59. The topological polar surface area (TPSA) is 55.4 Å². The van der Waals surface area contributed by atoms with Gasteiger partial charge in [0.1, 0.15) is 5.75 Å². The van der Waals surface area contributed by atoms with E-state index < -0.39 is 9.84 Å². The molecule has 1 fully saturated rings. The van der Waals surface area contributed by atoms with Crippen LogP contribution >= 0.6 is 11.6 Å². The van der Waals surface area contributed by atoms with E-state index in [9.17, 15) is 8.42 Å². The van der Waals surface area contributed by atoms with Gasteiger partial charge in [-0.05, 0) is 31.0 Å². The van der Waals surface area contributed by atoms with Crippen molar-refractivity contribution in [3.8, 4) is 5.75 Å². The highest BCUT2D eigenvalue weighted by Gasteiger charge is 2.32. The first-order valence-corrected chi connectivity index (χ1v) is 9.49. The summed E-state index contributed by atoms with van der Waals surface area (Å²) in [5.74, 6) is 0.763. The number of hydrogen-bond acceptors (Lipinski definition) is 4. The molecular weight excluding hydrogens is 310 g/mol. The number of ether oxygens (including phenoxy) is 1. The number of halogens is 1. The predicted octanol–water partition coefficient (Wildman–Crippen LogP) is 2.79. The Balaban J connectivity index is 2.09. The minimum Gasteiger partial charge on any atom is -0.496 e. The molecule has 1 saturated carbocycles. The Hall–Kier alpha value is -0.780. The van der Waals surface area contributed by atoms with E-state index in [0.717, 1.165) is 37.0 Å². The first kappa shape index (κ1) is 16.6. The van der Waals surface area contributed by atoms with Gasteiger partial charge in [-0.1, -0.05) is 24.4 Å². The van der Waals surface area contributed by atoms with E-state index in [1.54, 1.807) is 13.2 Å². The molecule has 6 heteroatoms. The second kappa shape index (κ2) is 6.99. The summed E-state index contributed by atoms with van der Waals surface area (Å²) in [7, 11) is -1.41. The molecule has 118 valence electrons. The van der Waals surface area contributed by atoms with Crippen molar-refractivity contribution in [3.63, 3.8) is 0 Å². The molecule has 0 aliphatic heterocycles. The van der Waals surface area contributed by atoms with Crippen LogP contribution in [0.3, 0.4) is 0 Å². The van der Waals surface area contributed by atoms with Crippen LogP contribution in [0.1, 0.15) is 31.2 Å². The lowest BCUT2D eigenvalue weighted by molar-refractivity contribution is 0.364. The lowest BCUT2D eigenvalue weighted by atomic mass is 9.94. The van der Waals surface area contributed by atoms with Crippen LogP contribution in [0.15, 0.2) is 18.2 Å². The zero-order valence-corrected chi connectivity index (χ0v) is 14.0. The lowest BCUT2D eigenvalue weighted by Gasteiger charge is -2.31. The van der Waals surface area contributed by atoms with Crippen molar-refractivity contribution in [1.29, 1.82) is 0 Å². The molecule has 2 atom stereocenters. The van der Waals surface area contributed by atoms with Gasteiger partial charge in [0.05, 0.1) is 12.4 Å². The van der Waals surface area contributed by atoms with Crippen LogP contribution in [-0.4, -0.2) is 33.1 Å². The first-order valence-electron chi connectivity index (χ1n) is 7.16. The molecule has 0 radical (unpaired) electrons. The molecule has 0 bridgehead atoms. The SMILES string of the molecule is COc1ccc(Cl)cc1CN[C@H]1CCCC[C@H]1S(C)(=O)=O. The highest BCUT2D eigenvalue weighted by Crippen LogP contribution is 2.26. The van der Waals surface area contributed by atoms with Gasteiger partial charge < -0.3 is 10.1 Å². The molecule has 1 aromatic rings. The van der Waals surface area contributed by atoms with Crippen molar-refractivity contribution in [2.45, 2.75) is 43.5 Å². The fraction of sp³-hybridized carbons (Fsp3) is 0.600. The quantitative estimate of drug-likeness (QED) is 0.901. The van der Waals surface area contributed by atoms with Gasteiger partial charge in [-0.3, -0.25) is 0 Å². The number of benzene rings is 1. The summed E-state index contributed by atoms with van der Waals surface area (Å²) in [6.07, 6.45) is 5.01. The molecule has 1 aliphatic rings.